The van der Waals surface area contributed by atoms with Crippen LogP contribution in [-0.4, -0.2) is 73.5 Å². The summed E-state index contributed by atoms with van der Waals surface area (Å²) in [5.74, 6) is -3.16. The molecule has 13 heteroatoms. The zero-order valence-corrected chi connectivity index (χ0v) is 27.2. The first-order chi connectivity index (χ1) is 23.5. The molecule has 1 aromatic carbocycles. The van der Waals surface area contributed by atoms with Crippen LogP contribution in [0.5, 0.6) is 5.75 Å². The highest BCUT2D eigenvalue weighted by Gasteiger charge is 2.46. The molecule has 1 N–H and O–H groups in total. The number of phenols is 1. The molecule has 0 unspecified atom stereocenters. The first-order valence-corrected chi connectivity index (χ1v) is 15.5. The van der Waals surface area contributed by atoms with Crippen molar-refractivity contribution in [2.45, 2.75) is 58.5 Å². The summed E-state index contributed by atoms with van der Waals surface area (Å²) in [4.78, 5) is 59.6. The fraction of sp³-hybridized carbons (Fsp3) is 0.353. The summed E-state index contributed by atoms with van der Waals surface area (Å²) in [6, 6.07) is 3.45. The molecule has 5 heterocycles. The van der Waals surface area contributed by atoms with E-state index in [4.69, 9.17) is 20.7 Å². The Morgan fingerprint density at radius 1 is 1.13 bits per heavy atom. The summed E-state index contributed by atoms with van der Waals surface area (Å²) in [5, 5.41) is 10.8. The van der Waals surface area contributed by atoms with Gasteiger partial charge in [-0.1, -0.05) is 51.9 Å². The summed E-state index contributed by atoms with van der Waals surface area (Å²) in [6.07, 6.45) is 2.49. The van der Waals surface area contributed by atoms with Crippen LogP contribution in [-0.2, 0) is 9.59 Å². The van der Waals surface area contributed by atoms with Crippen LogP contribution in [0.25, 0.3) is 28.0 Å². The third kappa shape index (κ3) is 4.93. The number of likely N-dealkylation sites (N-methyl/N-ethyl adjacent to an activating group) is 1. The van der Waals surface area contributed by atoms with Gasteiger partial charge in [-0.3, -0.25) is 19.0 Å². The number of benzene rings is 1. The number of fused-ring (bicyclic) bond motifs is 5. The fourth-order valence-electron chi connectivity index (χ4n) is 6.48. The van der Waals surface area contributed by atoms with Crippen LogP contribution in [0.4, 0.5) is 15.8 Å². The molecule has 244 valence electrons. The van der Waals surface area contributed by atoms with Gasteiger partial charge in [0.25, 0.3) is 11.5 Å². The van der Waals surface area contributed by atoms with E-state index in [0.717, 1.165) is 12.1 Å². The number of pyridine rings is 2. The minimum Gasteiger partial charge on any atom is -0.507 e. The number of amides is 2. The Kier molecular flexibility index (Phi) is 7.10. The topological polar surface area (TPSA) is 125 Å². The number of nitrogens with zero attached hydrogens (tertiary/aromatic N) is 7. The molecule has 2 amide bonds. The number of anilines is 2. The Balaban J connectivity index is 1.84. The third-order valence-electron chi connectivity index (χ3n) is 8.69. The predicted molar refractivity (Wildman–Crippen MR) is 179 cm³/mol. The lowest BCUT2D eigenvalue weighted by Crippen LogP contribution is -2.66. The van der Waals surface area contributed by atoms with Gasteiger partial charge in [0.2, 0.25) is 5.91 Å². The molecule has 47 heavy (non-hydrogen) atoms. The highest BCUT2D eigenvalue weighted by Crippen LogP contribution is 2.45. The molecule has 2 aliphatic rings. The van der Waals surface area contributed by atoms with Crippen LogP contribution < -0.4 is 15.4 Å². The van der Waals surface area contributed by atoms with E-state index in [1.165, 1.54) is 34.0 Å². The Hall–Kier alpha value is -4.84. The monoisotopic (exact) mass is 662 g/mol. The lowest BCUT2D eigenvalue weighted by molar-refractivity contribution is -0.130. The molecule has 0 spiro atoms. The van der Waals surface area contributed by atoms with Gasteiger partial charge >= 0.3 is 0 Å². The van der Waals surface area contributed by atoms with Crippen molar-refractivity contribution in [1.82, 2.24) is 24.4 Å². The van der Waals surface area contributed by atoms with E-state index in [1.807, 2.05) is 27.7 Å². The number of phenolic OH excluding ortho intramolecular Hbond substituents is 1. The molecule has 0 aliphatic carbocycles. The quantitative estimate of drug-likeness (QED) is 0.291. The highest BCUT2D eigenvalue weighted by atomic mass is 35.5. The first-order valence-electron chi connectivity index (χ1n) is 16.7. The number of rotatable bonds is 5. The standard InChI is InChI=1S/C34H35ClFN7O4/c1-8-24(45)41-14-22-33(46)40(7)31-29(42(22)13-18(41)6)19-12-20(35)28(25-21(36)10-9-11-23(25)44)39-32(19)43(34(31)47)30-26(16(2)3)37-15-38-27(30)17(4)5/h8-12,15-18,22,44H,1,13-14H2,2-7H3/t18-,22-/m1/s1/i7D3. The summed E-state index contributed by atoms with van der Waals surface area (Å²) in [5.41, 5.74) is -0.749. The smallest absolute Gasteiger partial charge is 0.283 e. The largest absolute Gasteiger partial charge is 0.507 e. The molecule has 1 fully saturated rings. The van der Waals surface area contributed by atoms with E-state index in [9.17, 15) is 14.7 Å². The van der Waals surface area contributed by atoms with Crippen LogP contribution in [0.3, 0.4) is 0 Å². The van der Waals surface area contributed by atoms with Crippen LogP contribution in [0.15, 0.2) is 48.0 Å². The molecule has 4 aromatic rings. The number of hydrogen-bond acceptors (Lipinski definition) is 8. The van der Waals surface area contributed by atoms with Crippen LogP contribution >= 0.6 is 11.6 Å². The molecule has 0 radical (unpaired) electrons. The summed E-state index contributed by atoms with van der Waals surface area (Å²) in [7, 11) is 0. The normalized spacial score (nSPS) is 19.0. The molecule has 2 atom stereocenters. The second-order valence-electron chi connectivity index (χ2n) is 12.3. The average molecular weight is 663 g/mol. The van der Waals surface area contributed by atoms with Crippen molar-refractivity contribution in [3.8, 4) is 22.7 Å². The predicted octanol–water partition coefficient (Wildman–Crippen LogP) is 5.16. The van der Waals surface area contributed by atoms with E-state index in [2.05, 4.69) is 16.5 Å². The molecule has 0 bridgehead atoms. The first kappa shape index (κ1) is 28.4. The van der Waals surface area contributed by atoms with Gasteiger partial charge in [-0.2, -0.15) is 0 Å². The Labute approximate surface area is 280 Å². The Bertz CT molecular complexity index is 2110. The molecule has 0 saturated carbocycles. The van der Waals surface area contributed by atoms with E-state index in [-0.39, 0.29) is 63.6 Å². The zero-order valence-electron chi connectivity index (χ0n) is 29.5. The summed E-state index contributed by atoms with van der Waals surface area (Å²) in [6.45, 7) is 9.48. The third-order valence-corrected chi connectivity index (χ3v) is 8.98. The lowest BCUT2D eigenvalue weighted by atomic mass is 9.97. The summed E-state index contributed by atoms with van der Waals surface area (Å²) < 4.78 is 42.0. The number of piperazine rings is 1. The van der Waals surface area contributed by atoms with Crippen molar-refractivity contribution in [2.75, 3.05) is 29.9 Å². The van der Waals surface area contributed by atoms with E-state index in [1.54, 1.807) is 11.8 Å². The SMILES string of the molecule is [2H]C([2H])([2H])N1C(=O)[C@H]2CN(C(=O)C=C)[C@H](C)CN2c2c1c(=O)n(-c1c(C(C)C)ncnc1C(C)C)c1nc(-c3c(O)cccc3F)c(Cl)cc21. The molecule has 6 rings (SSSR count). The maximum Gasteiger partial charge on any atom is 0.283 e. The minimum absolute atomic E-state index is 0.0345. The van der Waals surface area contributed by atoms with Crippen molar-refractivity contribution in [3.63, 3.8) is 0 Å². The highest BCUT2D eigenvalue weighted by molar-refractivity contribution is 6.34. The van der Waals surface area contributed by atoms with Gasteiger partial charge in [-0.05, 0) is 43.0 Å². The van der Waals surface area contributed by atoms with Crippen LogP contribution in [0.1, 0.15) is 62.0 Å². The fourth-order valence-corrected chi connectivity index (χ4v) is 6.72. The Morgan fingerprint density at radius 2 is 1.81 bits per heavy atom. The van der Waals surface area contributed by atoms with E-state index >= 15 is 9.18 Å². The molecule has 11 nitrogen and oxygen atoms in total. The minimum atomic E-state index is -3.13. The zero-order chi connectivity index (χ0) is 36.6. The summed E-state index contributed by atoms with van der Waals surface area (Å²) >= 11 is 6.84. The molecular weight excluding hydrogens is 625 g/mol. The maximum absolute atomic E-state index is 15.4. The van der Waals surface area contributed by atoms with Gasteiger partial charge in [0.1, 0.15) is 29.6 Å². The van der Waals surface area contributed by atoms with Gasteiger partial charge in [-0.25, -0.2) is 19.3 Å². The Morgan fingerprint density at radius 3 is 2.40 bits per heavy atom. The van der Waals surface area contributed by atoms with Crippen molar-refractivity contribution < 1.29 is 23.2 Å². The van der Waals surface area contributed by atoms with Crippen molar-refractivity contribution in [1.29, 1.82) is 0 Å². The second kappa shape index (κ2) is 11.8. The number of aromatic hydroxyl groups is 1. The van der Waals surface area contributed by atoms with E-state index in [0.29, 0.717) is 16.3 Å². The number of halogens is 2. The molecular formula is C34H35ClFN7O4. The van der Waals surface area contributed by atoms with Crippen LogP contribution in [0.2, 0.25) is 5.02 Å². The number of carbonyl (C=O) groups is 2. The van der Waals surface area contributed by atoms with Gasteiger partial charge in [0.05, 0.1) is 45.6 Å². The van der Waals surface area contributed by atoms with Crippen molar-refractivity contribution in [3.05, 3.63) is 75.8 Å². The van der Waals surface area contributed by atoms with Crippen molar-refractivity contribution >= 4 is 45.8 Å². The van der Waals surface area contributed by atoms with Gasteiger partial charge < -0.3 is 19.8 Å². The van der Waals surface area contributed by atoms with Gasteiger partial charge in [0.15, 0.2) is 5.65 Å². The van der Waals surface area contributed by atoms with Gasteiger partial charge in [-0.15, -0.1) is 0 Å². The molecule has 1 saturated heterocycles. The van der Waals surface area contributed by atoms with E-state index < -0.39 is 53.7 Å². The number of aromatic nitrogens is 4. The lowest BCUT2D eigenvalue weighted by Gasteiger charge is -2.49. The van der Waals surface area contributed by atoms with Crippen LogP contribution in [0, 0.1) is 5.82 Å². The molecule has 3 aromatic heterocycles. The maximum atomic E-state index is 15.4. The second-order valence-corrected chi connectivity index (χ2v) is 12.8. The van der Waals surface area contributed by atoms with Crippen molar-refractivity contribution in [2.24, 2.45) is 0 Å². The average Bonchev–Trinajstić information content (AvgIpc) is 3.04. The molecule has 2 aliphatic heterocycles. The number of hydrogen-bond donors (Lipinski definition) is 1. The number of carbonyl (C=O) groups excluding carboxylic acids is 2. The van der Waals surface area contributed by atoms with Gasteiger partial charge in [0, 0.05) is 29.1 Å².